The number of likely N-dealkylation sites (N-methyl/N-ethyl adjacent to an activating group) is 1. The predicted octanol–water partition coefficient (Wildman–Crippen LogP) is 4.52. The summed E-state index contributed by atoms with van der Waals surface area (Å²) in [7, 11) is 0. The molecule has 0 unspecified atom stereocenters. The minimum Gasteiger partial charge on any atom is -0.490 e. The smallest absolute Gasteiger partial charge is 0.266 e. The summed E-state index contributed by atoms with van der Waals surface area (Å²) < 4.78 is 11.7. The Balaban J connectivity index is 2.38. The summed E-state index contributed by atoms with van der Waals surface area (Å²) in [6, 6.07) is 3.54. The molecule has 1 aromatic rings. The molecule has 1 saturated heterocycles. The van der Waals surface area contributed by atoms with Crippen molar-refractivity contribution in [2.24, 2.45) is 0 Å². The molecule has 0 aliphatic carbocycles. The van der Waals surface area contributed by atoms with E-state index in [0.29, 0.717) is 45.5 Å². The van der Waals surface area contributed by atoms with Crippen LogP contribution in [-0.2, 0) is 4.79 Å². The van der Waals surface area contributed by atoms with Crippen molar-refractivity contribution in [3.63, 3.8) is 0 Å². The first-order valence-corrected chi connectivity index (χ1v) is 9.07. The Bertz CT molecular complexity index is 703. The Kier molecular flexibility index (Phi) is 6.71. The summed E-state index contributed by atoms with van der Waals surface area (Å²) in [6.07, 6.45) is 3.40. The molecule has 1 aliphatic rings. The van der Waals surface area contributed by atoms with Crippen LogP contribution in [-0.4, -0.2) is 34.9 Å². The van der Waals surface area contributed by atoms with Crippen molar-refractivity contribution < 1.29 is 14.3 Å². The summed E-state index contributed by atoms with van der Waals surface area (Å²) in [5, 5.41) is 0.417. The van der Waals surface area contributed by atoms with E-state index in [1.165, 1.54) is 11.8 Å². The Morgan fingerprint density at radius 1 is 1.38 bits per heavy atom. The predicted molar refractivity (Wildman–Crippen MR) is 104 cm³/mol. The fraction of sp³-hybridized carbons (Fsp3) is 0.294. The number of halogens is 1. The second kappa shape index (κ2) is 8.55. The highest BCUT2D eigenvalue weighted by atomic mass is 35.5. The molecule has 1 fully saturated rings. The Morgan fingerprint density at radius 3 is 2.71 bits per heavy atom. The van der Waals surface area contributed by atoms with Gasteiger partial charge in [0.25, 0.3) is 5.91 Å². The minimum absolute atomic E-state index is 0.0893. The van der Waals surface area contributed by atoms with E-state index >= 15 is 0 Å². The number of rotatable bonds is 7. The number of thiocarbonyl (C=S) groups is 1. The highest BCUT2D eigenvalue weighted by molar-refractivity contribution is 8.26. The summed E-state index contributed by atoms with van der Waals surface area (Å²) in [4.78, 5) is 14.4. The van der Waals surface area contributed by atoms with Crippen LogP contribution in [0.25, 0.3) is 6.08 Å². The van der Waals surface area contributed by atoms with E-state index in [0.717, 1.165) is 5.56 Å². The van der Waals surface area contributed by atoms with E-state index in [1.54, 1.807) is 29.2 Å². The maximum atomic E-state index is 12.3. The van der Waals surface area contributed by atoms with Crippen LogP contribution in [0.15, 0.2) is 29.7 Å². The highest BCUT2D eigenvalue weighted by Gasteiger charge is 2.30. The summed E-state index contributed by atoms with van der Waals surface area (Å²) in [5.74, 6) is 0.911. The first kappa shape index (κ1) is 18.8. The van der Waals surface area contributed by atoms with Crippen LogP contribution in [0.2, 0.25) is 5.02 Å². The molecule has 7 heteroatoms. The van der Waals surface area contributed by atoms with Crippen molar-refractivity contribution in [1.29, 1.82) is 0 Å². The van der Waals surface area contributed by atoms with Gasteiger partial charge in [0.1, 0.15) is 10.9 Å². The topological polar surface area (TPSA) is 38.8 Å². The molecule has 4 nitrogen and oxygen atoms in total. The lowest BCUT2D eigenvalue weighted by Gasteiger charge is -2.13. The van der Waals surface area contributed by atoms with Gasteiger partial charge in [-0.25, -0.2) is 0 Å². The van der Waals surface area contributed by atoms with E-state index in [2.05, 4.69) is 6.58 Å². The number of benzene rings is 1. The minimum atomic E-state index is -0.0893. The third-order valence-corrected chi connectivity index (χ3v) is 4.82. The van der Waals surface area contributed by atoms with Crippen LogP contribution < -0.4 is 9.47 Å². The molecule has 1 aliphatic heterocycles. The fourth-order valence-electron chi connectivity index (χ4n) is 2.14. The Morgan fingerprint density at radius 2 is 2.12 bits per heavy atom. The monoisotopic (exact) mass is 383 g/mol. The summed E-state index contributed by atoms with van der Waals surface area (Å²) in [6.45, 7) is 8.75. The number of amides is 1. The van der Waals surface area contributed by atoms with Crippen molar-refractivity contribution in [3.8, 4) is 11.5 Å². The maximum absolute atomic E-state index is 12.3. The average Bonchev–Trinajstić information content (AvgIpc) is 2.80. The molecule has 128 valence electrons. The highest BCUT2D eigenvalue weighted by Crippen LogP contribution is 2.39. The zero-order chi connectivity index (χ0) is 17.7. The van der Waals surface area contributed by atoms with Crippen LogP contribution in [0.3, 0.4) is 0 Å². The fourth-order valence-corrected chi connectivity index (χ4v) is 3.80. The second-order valence-electron chi connectivity index (χ2n) is 4.79. The van der Waals surface area contributed by atoms with Gasteiger partial charge in [0.05, 0.1) is 16.5 Å². The Labute approximate surface area is 156 Å². The molecule has 0 bridgehead atoms. The summed E-state index contributed by atoms with van der Waals surface area (Å²) in [5.41, 5.74) is 0.756. The number of carbonyl (C=O) groups excluding carboxylic acids is 1. The standard InChI is InChI=1S/C17H18ClNO3S2/c1-4-7-22-15-12(18)8-11(9-13(15)21-6-3)10-14-16(20)19(5-2)17(23)24-14/h4,8-10H,1,5-7H2,2-3H3/b14-10-. The van der Waals surface area contributed by atoms with Gasteiger partial charge in [-0.3, -0.25) is 9.69 Å². The number of thioether (sulfide) groups is 1. The van der Waals surface area contributed by atoms with E-state index < -0.39 is 0 Å². The first-order valence-electron chi connectivity index (χ1n) is 7.47. The summed E-state index contributed by atoms with van der Waals surface area (Å²) >= 11 is 12.8. The first-order chi connectivity index (χ1) is 11.5. The van der Waals surface area contributed by atoms with Crippen LogP contribution in [0.5, 0.6) is 11.5 Å². The van der Waals surface area contributed by atoms with Gasteiger partial charge in [0.15, 0.2) is 11.5 Å². The van der Waals surface area contributed by atoms with Gasteiger partial charge >= 0.3 is 0 Å². The number of ether oxygens (including phenoxy) is 2. The van der Waals surface area contributed by atoms with Crippen molar-refractivity contribution in [1.82, 2.24) is 4.90 Å². The normalized spacial score (nSPS) is 16.0. The molecule has 0 atom stereocenters. The zero-order valence-corrected chi connectivity index (χ0v) is 15.9. The van der Waals surface area contributed by atoms with Gasteiger partial charge in [-0.1, -0.05) is 48.2 Å². The molecule has 0 spiro atoms. The molecule has 24 heavy (non-hydrogen) atoms. The van der Waals surface area contributed by atoms with Crippen LogP contribution in [0.4, 0.5) is 0 Å². The molecule has 1 amide bonds. The Hall–Kier alpha value is -1.50. The van der Waals surface area contributed by atoms with Gasteiger partial charge in [0.2, 0.25) is 0 Å². The molecule has 2 rings (SSSR count). The van der Waals surface area contributed by atoms with Crippen molar-refractivity contribution in [2.45, 2.75) is 13.8 Å². The molecule has 1 aromatic carbocycles. The van der Waals surface area contributed by atoms with E-state index in [9.17, 15) is 4.79 Å². The molecular formula is C17H18ClNO3S2. The lowest BCUT2D eigenvalue weighted by Crippen LogP contribution is -2.27. The molecule has 0 saturated carbocycles. The molecule has 1 heterocycles. The number of carbonyl (C=O) groups is 1. The SMILES string of the molecule is C=CCOc1c(Cl)cc(/C=C2\SC(=S)N(CC)C2=O)cc1OCC. The molecular weight excluding hydrogens is 366 g/mol. The van der Waals surface area contributed by atoms with Crippen molar-refractivity contribution in [3.05, 3.63) is 40.3 Å². The average molecular weight is 384 g/mol. The van der Waals surface area contributed by atoms with Crippen LogP contribution in [0.1, 0.15) is 19.4 Å². The quantitative estimate of drug-likeness (QED) is 0.393. The van der Waals surface area contributed by atoms with Gasteiger partial charge < -0.3 is 9.47 Å². The molecule has 0 radical (unpaired) electrons. The van der Waals surface area contributed by atoms with Crippen LogP contribution >= 0.6 is 35.6 Å². The molecule has 0 aromatic heterocycles. The van der Waals surface area contributed by atoms with Crippen LogP contribution in [0, 0.1) is 0 Å². The van der Waals surface area contributed by atoms with Gasteiger partial charge in [0, 0.05) is 6.54 Å². The van der Waals surface area contributed by atoms with Gasteiger partial charge in [-0.2, -0.15) is 0 Å². The lowest BCUT2D eigenvalue weighted by molar-refractivity contribution is -0.121. The van der Waals surface area contributed by atoms with Crippen molar-refractivity contribution in [2.75, 3.05) is 19.8 Å². The van der Waals surface area contributed by atoms with E-state index in [4.69, 9.17) is 33.3 Å². The zero-order valence-electron chi connectivity index (χ0n) is 13.5. The number of hydrogen-bond donors (Lipinski definition) is 0. The number of nitrogens with zero attached hydrogens (tertiary/aromatic N) is 1. The van der Waals surface area contributed by atoms with E-state index in [-0.39, 0.29) is 5.91 Å². The third-order valence-electron chi connectivity index (χ3n) is 3.16. The second-order valence-corrected chi connectivity index (χ2v) is 6.87. The van der Waals surface area contributed by atoms with Crippen molar-refractivity contribution >= 4 is 51.9 Å². The lowest BCUT2D eigenvalue weighted by atomic mass is 10.1. The number of hydrogen-bond acceptors (Lipinski definition) is 5. The molecule has 0 N–H and O–H groups in total. The largest absolute Gasteiger partial charge is 0.490 e. The van der Waals surface area contributed by atoms with Gasteiger partial charge in [-0.05, 0) is 37.6 Å². The van der Waals surface area contributed by atoms with E-state index in [1.807, 2.05) is 13.8 Å². The van der Waals surface area contributed by atoms with Gasteiger partial charge in [-0.15, -0.1) is 0 Å². The third kappa shape index (κ3) is 4.12. The maximum Gasteiger partial charge on any atom is 0.266 e.